The number of carbonyl (C=O) groups excluding carboxylic acids is 1. The predicted molar refractivity (Wildman–Crippen MR) is 93.9 cm³/mol. The summed E-state index contributed by atoms with van der Waals surface area (Å²) in [7, 11) is 0. The van der Waals surface area contributed by atoms with E-state index < -0.39 is 0 Å². The molecular formula is C20H27NO4. The molecule has 0 unspecified atom stereocenters. The van der Waals surface area contributed by atoms with Crippen molar-refractivity contribution < 1.29 is 19.0 Å². The first-order valence-electron chi connectivity index (χ1n) is 9.58. The second-order valence-corrected chi connectivity index (χ2v) is 7.23. The van der Waals surface area contributed by atoms with E-state index in [4.69, 9.17) is 14.2 Å². The SMILES string of the molecule is O=C(c1ccc(OC[C@@H]2CCCO2)cc1)N1CCO[C@@H]2CCCC[C@H]21. The van der Waals surface area contributed by atoms with Crippen molar-refractivity contribution in [1.29, 1.82) is 0 Å². The van der Waals surface area contributed by atoms with Crippen LogP contribution in [0.4, 0.5) is 0 Å². The Morgan fingerprint density at radius 3 is 2.68 bits per heavy atom. The molecule has 5 heteroatoms. The van der Waals surface area contributed by atoms with E-state index in [9.17, 15) is 4.79 Å². The molecule has 136 valence electrons. The van der Waals surface area contributed by atoms with Crippen molar-refractivity contribution in [1.82, 2.24) is 4.90 Å². The molecule has 25 heavy (non-hydrogen) atoms. The molecule has 1 amide bonds. The number of hydrogen-bond acceptors (Lipinski definition) is 4. The average molecular weight is 345 g/mol. The number of nitrogens with zero attached hydrogens (tertiary/aromatic N) is 1. The van der Waals surface area contributed by atoms with Crippen LogP contribution in [0.15, 0.2) is 24.3 Å². The lowest BCUT2D eigenvalue weighted by molar-refractivity contribution is -0.0752. The highest BCUT2D eigenvalue weighted by atomic mass is 16.5. The minimum Gasteiger partial charge on any atom is -0.491 e. The molecule has 0 radical (unpaired) electrons. The van der Waals surface area contributed by atoms with Crippen LogP contribution < -0.4 is 4.74 Å². The number of morpholine rings is 1. The van der Waals surface area contributed by atoms with Gasteiger partial charge in [-0.25, -0.2) is 0 Å². The van der Waals surface area contributed by atoms with E-state index in [1.54, 1.807) is 0 Å². The van der Waals surface area contributed by atoms with Crippen molar-refractivity contribution in [2.24, 2.45) is 0 Å². The highest BCUT2D eigenvalue weighted by Gasteiger charge is 2.36. The highest BCUT2D eigenvalue weighted by molar-refractivity contribution is 5.94. The molecule has 0 N–H and O–H groups in total. The third-order valence-corrected chi connectivity index (χ3v) is 5.55. The molecule has 1 aliphatic carbocycles. The first kappa shape index (κ1) is 16.9. The van der Waals surface area contributed by atoms with Gasteiger partial charge in [0.05, 0.1) is 24.9 Å². The van der Waals surface area contributed by atoms with Gasteiger partial charge >= 0.3 is 0 Å². The van der Waals surface area contributed by atoms with Gasteiger partial charge in [-0.15, -0.1) is 0 Å². The van der Waals surface area contributed by atoms with Crippen molar-refractivity contribution in [3.05, 3.63) is 29.8 Å². The largest absolute Gasteiger partial charge is 0.491 e. The summed E-state index contributed by atoms with van der Waals surface area (Å²) in [6, 6.07) is 7.77. The van der Waals surface area contributed by atoms with Crippen molar-refractivity contribution in [2.75, 3.05) is 26.4 Å². The van der Waals surface area contributed by atoms with E-state index in [1.807, 2.05) is 29.2 Å². The Morgan fingerprint density at radius 2 is 1.88 bits per heavy atom. The highest BCUT2D eigenvalue weighted by Crippen LogP contribution is 2.29. The molecule has 4 rings (SSSR count). The molecule has 3 aliphatic rings. The minimum absolute atomic E-state index is 0.117. The molecule has 2 heterocycles. The topological polar surface area (TPSA) is 48.0 Å². The van der Waals surface area contributed by atoms with E-state index in [2.05, 4.69) is 0 Å². The first-order valence-corrected chi connectivity index (χ1v) is 9.58. The first-order chi connectivity index (χ1) is 12.3. The van der Waals surface area contributed by atoms with Crippen LogP contribution in [0.2, 0.25) is 0 Å². The maximum atomic E-state index is 12.9. The number of benzene rings is 1. The fourth-order valence-corrected chi connectivity index (χ4v) is 4.17. The molecule has 0 aromatic heterocycles. The van der Waals surface area contributed by atoms with Gasteiger partial charge in [0.25, 0.3) is 5.91 Å². The van der Waals surface area contributed by atoms with Crippen LogP contribution in [0, 0.1) is 0 Å². The van der Waals surface area contributed by atoms with Crippen LogP contribution >= 0.6 is 0 Å². The molecule has 0 bridgehead atoms. The summed E-state index contributed by atoms with van der Waals surface area (Å²) in [4.78, 5) is 15.0. The van der Waals surface area contributed by atoms with Crippen LogP contribution in [-0.2, 0) is 9.47 Å². The zero-order chi connectivity index (χ0) is 17.1. The molecule has 5 nitrogen and oxygen atoms in total. The third kappa shape index (κ3) is 3.82. The van der Waals surface area contributed by atoms with Crippen LogP contribution in [-0.4, -0.2) is 55.4 Å². The monoisotopic (exact) mass is 345 g/mol. The summed E-state index contributed by atoms with van der Waals surface area (Å²) in [6.07, 6.45) is 7.13. The van der Waals surface area contributed by atoms with E-state index in [1.165, 1.54) is 12.8 Å². The number of carbonyl (C=O) groups is 1. The molecular weight excluding hydrogens is 318 g/mol. The van der Waals surface area contributed by atoms with E-state index in [0.29, 0.717) is 19.8 Å². The number of hydrogen-bond donors (Lipinski definition) is 0. The van der Waals surface area contributed by atoms with Gasteiger partial charge in [-0.05, 0) is 49.9 Å². The van der Waals surface area contributed by atoms with Gasteiger partial charge in [0.15, 0.2) is 0 Å². The van der Waals surface area contributed by atoms with Gasteiger partial charge in [0, 0.05) is 18.7 Å². The van der Waals surface area contributed by atoms with Crippen LogP contribution in [0.1, 0.15) is 48.9 Å². The quantitative estimate of drug-likeness (QED) is 0.842. The summed E-state index contributed by atoms with van der Waals surface area (Å²) in [5.41, 5.74) is 0.732. The lowest BCUT2D eigenvalue weighted by Crippen LogP contribution is -2.54. The Morgan fingerprint density at radius 1 is 1.04 bits per heavy atom. The number of amides is 1. The normalized spacial score (nSPS) is 29.3. The summed E-state index contributed by atoms with van der Waals surface area (Å²) in [6.45, 7) is 2.76. The van der Waals surface area contributed by atoms with Gasteiger partial charge in [0.2, 0.25) is 0 Å². The molecule has 1 aromatic carbocycles. The van der Waals surface area contributed by atoms with Crippen molar-refractivity contribution in [2.45, 2.75) is 56.8 Å². The van der Waals surface area contributed by atoms with Crippen LogP contribution in [0.3, 0.4) is 0 Å². The average Bonchev–Trinajstić information content (AvgIpc) is 3.19. The van der Waals surface area contributed by atoms with Gasteiger partial charge in [-0.2, -0.15) is 0 Å². The van der Waals surface area contributed by atoms with E-state index >= 15 is 0 Å². The van der Waals surface area contributed by atoms with Crippen molar-refractivity contribution in [3.63, 3.8) is 0 Å². The maximum absolute atomic E-state index is 12.9. The minimum atomic E-state index is 0.117. The lowest BCUT2D eigenvalue weighted by atomic mass is 9.89. The predicted octanol–water partition coefficient (Wildman–Crippen LogP) is 3.03. The smallest absolute Gasteiger partial charge is 0.254 e. The zero-order valence-corrected chi connectivity index (χ0v) is 14.7. The molecule has 1 saturated carbocycles. The summed E-state index contributed by atoms with van der Waals surface area (Å²) in [5.74, 6) is 0.912. The fourth-order valence-electron chi connectivity index (χ4n) is 4.17. The molecule has 2 aliphatic heterocycles. The second-order valence-electron chi connectivity index (χ2n) is 7.23. The van der Waals surface area contributed by atoms with Crippen LogP contribution in [0.5, 0.6) is 5.75 Å². The Bertz CT molecular complexity index is 580. The standard InChI is InChI=1S/C20H27NO4/c22-20(21-11-13-24-19-6-2-1-5-18(19)21)15-7-9-16(10-8-15)25-14-17-4-3-12-23-17/h7-10,17-19H,1-6,11-14H2/t17-,18+,19+/m0/s1. The van der Waals surface area contributed by atoms with Crippen molar-refractivity contribution in [3.8, 4) is 5.75 Å². The summed E-state index contributed by atoms with van der Waals surface area (Å²) < 4.78 is 17.2. The van der Waals surface area contributed by atoms with E-state index in [0.717, 1.165) is 43.6 Å². The zero-order valence-electron chi connectivity index (χ0n) is 14.7. The maximum Gasteiger partial charge on any atom is 0.254 e. The van der Waals surface area contributed by atoms with Gasteiger partial charge < -0.3 is 19.1 Å². The molecule has 2 saturated heterocycles. The lowest BCUT2D eigenvalue weighted by Gasteiger charge is -2.43. The van der Waals surface area contributed by atoms with Crippen LogP contribution in [0.25, 0.3) is 0 Å². The second kappa shape index (κ2) is 7.75. The molecule has 0 spiro atoms. The summed E-state index contributed by atoms with van der Waals surface area (Å²) in [5, 5.41) is 0. The van der Waals surface area contributed by atoms with Crippen molar-refractivity contribution >= 4 is 5.91 Å². The summed E-state index contributed by atoms with van der Waals surface area (Å²) >= 11 is 0. The van der Waals surface area contributed by atoms with E-state index in [-0.39, 0.29) is 24.2 Å². The molecule has 3 fully saturated rings. The van der Waals surface area contributed by atoms with Gasteiger partial charge in [0.1, 0.15) is 12.4 Å². The molecule has 3 atom stereocenters. The van der Waals surface area contributed by atoms with Gasteiger partial charge in [-0.1, -0.05) is 12.8 Å². The Balaban J connectivity index is 1.37. The third-order valence-electron chi connectivity index (χ3n) is 5.55. The Kier molecular flexibility index (Phi) is 5.22. The molecule has 1 aromatic rings. The Hall–Kier alpha value is -1.59. The fraction of sp³-hybridized carbons (Fsp3) is 0.650. The number of rotatable bonds is 4. The number of fused-ring (bicyclic) bond motifs is 1. The number of ether oxygens (including phenoxy) is 3. The Labute approximate surface area is 149 Å². The van der Waals surface area contributed by atoms with Gasteiger partial charge in [-0.3, -0.25) is 4.79 Å².